The molecule has 0 atom stereocenters. The van der Waals surface area contributed by atoms with Gasteiger partial charge < -0.3 is 15.4 Å². The summed E-state index contributed by atoms with van der Waals surface area (Å²) in [4.78, 5) is 23.5. The van der Waals surface area contributed by atoms with E-state index in [-0.39, 0.29) is 5.91 Å². The van der Waals surface area contributed by atoms with Gasteiger partial charge in [-0.3, -0.25) is 9.69 Å². The summed E-state index contributed by atoms with van der Waals surface area (Å²) in [5.74, 6) is -0.112. The third-order valence-corrected chi connectivity index (χ3v) is 5.52. The second-order valence-corrected chi connectivity index (χ2v) is 7.39. The molecular weight excluding hydrogens is 346 g/mol. The lowest BCUT2D eigenvalue weighted by Crippen LogP contribution is -2.38. The van der Waals surface area contributed by atoms with Crippen molar-refractivity contribution in [3.63, 3.8) is 0 Å². The number of carbonyl (C=O) groups excluding carboxylic acids is 1. The summed E-state index contributed by atoms with van der Waals surface area (Å²) >= 11 is 3.04. The second-order valence-electron chi connectivity index (χ2n) is 5.53. The maximum atomic E-state index is 11.1. The molecule has 1 aliphatic heterocycles. The molecule has 2 N–H and O–H groups in total. The third-order valence-electron chi connectivity index (χ3n) is 3.62. The monoisotopic (exact) mass is 367 g/mol. The van der Waals surface area contributed by atoms with Crippen molar-refractivity contribution in [3.05, 3.63) is 11.1 Å². The highest BCUT2D eigenvalue weighted by molar-refractivity contribution is 7.19. The Morgan fingerprint density at radius 1 is 1.33 bits per heavy atom. The molecular formula is C15H21N5O2S2. The van der Waals surface area contributed by atoms with Gasteiger partial charge in [0.15, 0.2) is 10.3 Å². The van der Waals surface area contributed by atoms with E-state index in [0.29, 0.717) is 5.13 Å². The molecule has 1 saturated heterocycles. The number of hydrogen-bond donors (Lipinski definition) is 2. The Balaban J connectivity index is 1.56. The number of aromatic nitrogens is 2. The molecule has 0 radical (unpaired) electrons. The van der Waals surface area contributed by atoms with Gasteiger partial charge in [0, 0.05) is 38.5 Å². The summed E-state index contributed by atoms with van der Waals surface area (Å²) in [7, 11) is 0. The molecule has 24 heavy (non-hydrogen) atoms. The number of ether oxygens (including phenoxy) is 1. The Labute approximate surface area is 149 Å². The average molecular weight is 368 g/mol. The first-order valence-corrected chi connectivity index (χ1v) is 9.56. The van der Waals surface area contributed by atoms with Crippen molar-refractivity contribution >= 4 is 38.8 Å². The van der Waals surface area contributed by atoms with Gasteiger partial charge in [0.25, 0.3) is 0 Å². The van der Waals surface area contributed by atoms with Crippen LogP contribution in [0, 0.1) is 6.92 Å². The minimum absolute atomic E-state index is 0.112. The summed E-state index contributed by atoms with van der Waals surface area (Å²) < 4.78 is 5.35. The number of aryl methyl sites for hydroxylation is 1. The molecule has 1 amide bonds. The SMILES string of the molecule is CC(=O)Nc1nc(C)c(-c2csc(NCCN3CCOCC3)n2)s1. The lowest BCUT2D eigenvalue weighted by Gasteiger charge is -2.26. The number of thiazole rings is 2. The van der Waals surface area contributed by atoms with E-state index in [0.717, 1.165) is 60.8 Å². The van der Waals surface area contributed by atoms with Crippen LogP contribution in [0.15, 0.2) is 5.38 Å². The van der Waals surface area contributed by atoms with E-state index in [1.54, 1.807) is 11.3 Å². The summed E-state index contributed by atoms with van der Waals surface area (Å²) in [5, 5.41) is 9.65. The Kier molecular flexibility index (Phi) is 5.77. The number of hydrogen-bond acceptors (Lipinski definition) is 8. The highest BCUT2D eigenvalue weighted by atomic mass is 32.1. The van der Waals surface area contributed by atoms with Gasteiger partial charge in [-0.15, -0.1) is 11.3 Å². The van der Waals surface area contributed by atoms with Crippen LogP contribution in [0.1, 0.15) is 12.6 Å². The first-order valence-electron chi connectivity index (χ1n) is 7.86. The van der Waals surface area contributed by atoms with Gasteiger partial charge in [-0.05, 0) is 6.92 Å². The number of morpholine rings is 1. The summed E-state index contributed by atoms with van der Waals surface area (Å²) in [6.07, 6.45) is 0. The van der Waals surface area contributed by atoms with Gasteiger partial charge >= 0.3 is 0 Å². The van der Waals surface area contributed by atoms with Crippen LogP contribution in [0.3, 0.4) is 0 Å². The maximum Gasteiger partial charge on any atom is 0.223 e. The standard InChI is InChI=1S/C15H21N5O2S2/c1-10-13(24-15(17-10)18-11(2)21)12-9-23-14(19-12)16-3-4-20-5-7-22-8-6-20/h9H,3-8H2,1-2H3,(H,16,19)(H,17,18,21). The number of rotatable bonds is 6. The normalized spacial score (nSPS) is 15.4. The van der Waals surface area contributed by atoms with Crippen molar-refractivity contribution in [2.45, 2.75) is 13.8 Å². The summed E-state index contributed by atoms with van der Waals surface area (Å²) in [6.45, 7) is 8.91. The predicted octanol–water partition coefficient (Wildman–Crippen LogP) is 2.28. The van der Waals surface area contributed by atoms with E-state index in [1.165, 1.54) is 18.3 Å². The fraction of sp³-hybridized carbons (Fsp3) is 0.533. The number of nitrogens with one attached hydrogen (secondary N) is 2. The summed E-state index contributed by atoms with van der Waals surface area (Å²) in [6, 6.07) is 0. The quantitative estimate of drug-likeness (QED) is 0.815. The smallest absolute Gasteiger partial charge is 0.223 e. The zero-order chi connectivity index (χ0) is 16.9. The lowest BCUT2D eigenvalue weighted by atomic mass is 10.3. The molecule has 3 heterocycles. The van der Waals surface area contributed by atoms with Crippen LogP contribution in [-0.2, 0) is 9.53 Å². The fourth-order valence-corrected chi connectivity index (χ4v) is 4.22. The first-order chi connectivity index (χ1) is 11.6. The van der Waals surface area contributed by atoms with Gasteiger partial charge in [-0.2, -0.15) is 0 Å². The van der Waals surface area contributed by atoms with Crippen LogP contribution < -0.4 is 10.6 Å². The zero-order valence-electron chi connectivity index (χ0n) is 13.8. The lowest BCUT2D eigenvalue weighted by molar-refractivity contribution is -0.114. The highest BCUT2D eigenvalue weighted by Gasteiger charge is 2.14. The maximum absolute atomic E-state index is 11.1. The van der Waals surface area contributed by atoms with Gasteiger partial charge in [-0.25, -0.2) is 9.97 Å². The van der Waals surface area contributed by atoms with Crippen LogP contribution in [0.25, 0.3) is 10.6 Å². The molecule has 2 aromatic heterocycles. The molecule has 0 aliphatic carbocycles. The van der Waals surface area contributed by atoms with E-state index >= 15 is 0 Å². The fourth-order valence-electron chi connectivity index (χ4n) is 2.44. The number of nitrogens with zero attached hydrogens (tertiary/aromatic N) is 3. The zero-order valence-corrected chi connectivity index (χ0v) is 15.4. The molecule has 0 saturated carbocycles. The van der Waals surface area contributed by atoms with E-state index < -0.39 is 0 Å². The van der Waals surface area contributed by atoms with Crippen molar-refractivity contribution < 1.29 is 9.53 Å². The number of carbonyl (C=O) groups is 1. The van der Waals surface area contributed by atoms with E-state index in [2.05, 4.69) is 25.5 Å². The van der Waals surface area contributed by atoms with Gasteiger partial charge in [0.2, 0.25) is 5.91 Å². The molecule has 0 aromatic carbocycles. The van der Waals surface area contributed by atoms with Crippen molar-refractivity contribution in [2.75, 3.05) is 50.0 Å². The van der Waals surface area contributed by atoms with Crippen LogP contribution >= 0.6 is 22.7 Å². The first kappa shape index (κ1) is 17.3. The highest BCUT2D eigenvalue weighted by Crippen LogP contribution is 2.34. The molecule has 3 rings (SSSR count). The molecule has 1 aliphatic rings. The largest absolute Gasteiger partial charge is 0.379 e. The molecule has 0 unspecified atom stereocenters. The van der Waals surface area contributed by atoms with Crippen LogP contribution in [0.2, 0.25) is 0 Å². The van der Waals surface area contributed by atoms with Crippen molar-refractivity contribution in [1.82, 2.24) is 14.9 Å². The van der Waals surface area contributed by atoms with Crippen molar-refractivity contribution in [3.8, 4) is 10.6 Å². The van der Waals surface area contributed by atoms with Crippen LogP contribution in [0.4, 0.5) is 10.3 Å². The third kappa shape index (κ3) is 4.50. The topological polar surface area (TPSA) is 79.4 Å². The van der Waals surface area contributed by atoms with Gasteiger partial charge in [-0.1, -0.05) is 11.3 Å². The predicted molar refractivity (Wildman–Crippen MR) is 98.0 cm³/mol. The molecule has 1 fully saturated rings. The van der Waals surface area contributed by atoms with Crippen molar-refractivity contribution in [1.29, 1.82) is 0 Å². The second kappa shape index (κ2) is 8.02. The molecule has 2 aromatic rings. The summed E-state index contributed by atoms with van der Waals surface area (Å²) in [5.41, 5.74) is 1.79. The van der Waals surface area contributed by atoms with Crippen molar-refractivity contribution in [2.24, 2.45) is 0 Å². The van der Waals surface area contributed by atoms with Crippen LogP contribution in [-0.4, -0.2) is 60.2 Å². The van der Waals surface area contributed by atoms with E-state index in [4.69, 9.17) is 4.74 Å². The molecule has 9 heteroatoms. The van der Waals surface area contributed by atoms with Gasteiger partial charge in [0.05, 0.1) is 29.5 Å². The Hall–Kier alpha value is -1.55. The molecule has 7 nitrogen and oxygen atoms in total. The minimum atomic E-state index is -0.112. The number of anilines is 2. The van der Waals surface area contributed by atoms with Crippen LogP contribution in [0.5, 0.6) is 0 Å². The Bertz CT molecular complexity index is 694. The van der Waals surface area contributed by atoms with Gasteiger partial charge in [0.1, 0.15) is 0 Å². The van der Waals surface area contributed by atoms with E-state index in [9.17, 15) is 4.79 Å². The average Bonchev–Trinajstić information content (AvgIpc) is 3.14. The number of amides is 1. The molecule has 0 spiro atoms. The minimum Gasteiger partial charge on any atom is -0.379 e. The Morgan fingerprint density at radius 2 is 2.12 bits per heavy atom. The Morgan fingerprint density at radius 3 is 2.88 bits per heavy atom. The molecule has 130 valence electrons. The van der Waals surface area contributed by atoms with E-state index in [1.807, 2.05) is 12.3 Å². The molecule has 0 bridgehead atoms.